The summed E-state index contributed by atoms with van der Waals surface area (Å²) in [5.41, 5.74) is 4.22. The van der Waals surface area contributed by atoms with Crippen molar-refractivity contribution in [3.63, 3.8) is 0 Å². The maximum absolute atomic E-state index is 12.3. The van der Waals surface area contributed by atoms with E-state index in [0.717, 1.165) is 32.9 Å². The van der Waals surface area contributed by atoms with Crippen molar-refractivity contribution in [2.45, 2.75) is 6.92 Å². The first-order valence-corrected chi connectivity index (χ1v) is 8.15. The average molecular weight is 347 g/mol. The van der Waals surface area contributed by atoms with Gasteiger partial charge in [0, 0.05) is 18.0 Å². The fourth-order valence-corrected chi connectivity index (χ4v) is 2.91. The molecule has 2 aromatic carbocycles. The van der Waals surface area contributed by atoms with Gasteiger partial charge in [-0.1, -0.05) is 18.2 Å². The highest BCUT2D eigenvalue weighted by Gasteiger charge is 2.17. The van der Waals surface area contributed by atoms with Crippen LogP contribution in [0.4, 0.5) is 0 Å². The van der Waals surface area contributed by atoms with E-state index in [1.54, 1.807) is 0 Å². The van der Waals surface area contributed by atoms with Gasteiger partial charge in [-0.05, 0) is 36.8 Å². The lowest BCUT2D eigenvalue weighted by Gasteiger charge is -2.13. The smallest absolute Gasteiger partial charge is 0.297 e. The number of amides is 1. The number of furan rings is 1. The zero-order valence-electron chi connectivity index (χ0n) is 14.7. The summed E-state index contributed by atoms with van der Waals surface area (Å²) in [5.74, 6) is 0.371. The zero-order valence-corrected chi connectivity index (χ0v) is 14.7. The van der Waals surface area contributed by atoms with Crippen molar-refractivity contribution in [1.29, 1.82) is 0 Å². The number of carbonyl (C=O) groups excluding carboxylic acids is 1. The van der Waals surface area contributed by atoms with E-state index in [4.69, 9.17) is 9.25 Å². The molecule has 0 radical (unpaired) electrons. The van der Waals surface area contributed by atoms with Crippen molar-refractivity contribution in [2.24, 2.45) is 0 Å². The Labute approximate surface area is 150 Å². The molecule has 0 aliphatic carbocycles. The van der Waals surface area contributed by atoms with E-state index in [-0.39, 0.29) is 11.6 Å². The van der Waals surface area contributed by atoms with E-state index in [9.17, 15) is 4.79 Å². The predicted octanol–water partition coefficient (Wildman–Crippen LogP) is 3.98. The molecule has 0 atom stereocenters. The molecular formula is C20H17N3O3. The van der Waals surface area contributed by atoms with Crippen LogP contribution >= 0.6 is 0 Å². The van der Waals surface area contributed by atoms with Crippen LogP contribution in [-0.4, -0.2) is 35.1 Å². The van der Waals surface area contributed by atoms with Gasteiger partial charge < -0.3 is 4.42 Å². The third kappa shape index (κ3) is 2.70. The molecule has 0 fully saturated rings. The van der Waals surface area contributed by atoms with Gasteiger partial charge in [0.25, 0.3) is 5.91 Å². The highest BCUT2D eigenvalue weighted by molar-refractivity contribution is 5.97. The van der Waals surface area contributed by atoms with Crippen LogP contribution in [0, 0.1) is 6.92 Å². The van der Waals surface area contributed by atoms with Crippen molar-refractivity contribution in [3.8, 4) is 11.3 Å². The summed E-state index contributed by atoms with van der Waals surface area (Å²) in [6.45, 7) is 1.98. The maximum Gasteiger partial charge on any atom is 0.297 e. The molecule has 0 aliphatic heterocycles. The van der Waals surface area contributed by atoms with Gasteiger partial charge in [-0.3, -0.25) is 14.6 Å². The largest absolute Gasteiger partial charge is 0.456 e. The summed E-state index contributed by atoms with van der Waals surface area (Å²) in [4.78, 5) is 26.1. The minimum Gasteiger partial charge on any atom is -0.456 e. The SMILES string of the molecule is CON(C)C(=O)c1cnc2c(-c3cc4ccccc4o3)cc(C)cc2n1. The lowest BCUT2D eigenvalue weighted by atomic mass is 10.1. The monoisotopic (exact) mass is 347 g/mol. The van der Waals surface area contributed by atoms with Gasteiger partial charge in [0.15, 0.2) is 0 Å². The first-order chi connectivity index (χ1) is 12.6. The molecule has 2 heterocycles. The van der Waals surface area contributed by atoms with Gasteiger partial charge in [0.1, 0.15) is 17.0 Å². The fourth-order valence-electron chi connectivity index (χ4n) is 2.91. The molecule has 6 heteroatoms. The topological polar surface area (TPSA) is 68.5 Å². The molecule has 0 saturated heterocycles. The molecule has 6 nitrogen and oxygen atoms in total. The number of aromatic nitrogens is 2. The van der Waals surface area contributed by atoms with E-state index in [1.807, 2.05) is 49.4 Å². The average Bonchev–Trinajstić information content (AvgIpc) is 3.09. The lowest BCUT2D eigenvalue weighted by Crippen LogP contribution is -2.26. The summed E-state index contributed by atoms with van der Waals surface area (Å²) < 4.78 is 5.99. The maximum atomic E-state index is 12.3. The first kappa shape index (κ1) is 16.2. The Balaban J connectivity index is 1.89. The predicted molar refractivity (Wildman–Crippen MR) is 98.6 cm³/mol. The number of rotatable bonds is 3. The molecule has 0 N–H and O–H groups in total. The van der Waals surface area contributed by atoms with Crippen LogP contribution in [0.25, 0.3) is 33.3 Å². The van der Waals surface area contributed by atoms with Gasteiger partial charge in [0.2, 0.25) is 0 Å². The Hall–Kier alpha value is -3.25. The molecule has 26 heavy (non-hydrogen) atoms. The summed E-state index contributed by atoms with van der Waals surface area (Å²) in [6.07, 6.45) is 1.46. The van der Waals surface area contributed by atoms with Crippen molar-refractivity contribution < 1.29 is 14.0 Å². The van der Waals surface area contributed by atoms with Crippen LogP contribution in [0.15, 0.2) is 53.1 Å². The summed E-state index contributed by atoms with van der Waals surface area (Å²) in [6, 6.07) is 13.7. The minimum atomic E-state index is -0.353. The Morgan fingerprint density at radius 1 is 1.19 bits per heavy atom. The molecule has 4 aromatic rings. The number of carbonyl (C=O) groups is 1. The highest BCUT2D eigenvalue weighted by atomic mass is 16.7. The van der Waals surface area contributed by atoms with Crippen molar-refractivity contribution in [3.05, 3.63) is 59.9 Å². The molecule has 130 valence electrons. The Kier molecular flexibility index (Phi) is 3.89. The molecule has 0 unspecified atom stereocenters. The molecule has 1 amide bonds. The van der Waals surface area contributed by atoms with Crippen LogP contribution in [0.5, 0.6) is 0 Å². The quantitative estimate of drug-likeness (QED) is 0.524. The van der Waals surface area contributed by atoms with Crippen molar-refractivity contribution in [2.75, 3.05) is 14.2 Å². The molecule has 4 rings (SSSR count). The van der Waals surface area contributed by atoms with Crippen LogP contribution in [-0.2, 0) is 4.84 Å². The first-order valence-electron chi connectivity index (χ1n) is 8.15. The molecule has 0 saturated carbocycles. The number of hydroxylamine groups is 2. The number of fused-ring (bicyclic) bond motifs is 2. The normalized spacial score (nSPS) is 11.2. The van der Waals surface area contributed by atoms with E-state index in [2.05, 4.69) is 9.97 Å². The second-order valence-electron chi connectivity index (χ2n) is 6.07. The van der Waals surface area contributed by atoms with E-state index >= 15 is 0 Å². The van der Waals surface area contributed by atoms with Gasteiger partial charge in [0.05, 0.1) is 24.3 Å². The number of benzene rings is 2. The van der Waals surface area contributed by atoms with Crippen LogP contribution in [0.3, 0.4) is 0 Å². The fraction of sp³-hybridized carbons (Fsp3) is 0.150. The number of hydrogen-bond acceptors (Lipinski definition) is 5. The Bertz CT molecular complexity index is 1100. The van der Waals surface area contributed by atoms with Crippen molar-refractivity contribution in [1.82, 2.24) is 15.0 Å². The van der Waals surface area contributed by atoms with Gasteiger partial charge >= 0.3 is 0 Å². The summed E-state index contributed by atoms with van der Waals surface area (Å²) >= 11 is 0. The Morgan fingerprint density at radius 2 is 2.00 bits per heavy atom. The number of aryl methyl sites for hydroxylation is 1. The van der Waals surface area contributed by atoms with Crippen LogP contribution < -0.4 is 0 Å². The molecule has 0 bridgehead atoms. The highest BCUT2D eigenvalue weighted by Crippen LogP contribution is 2.32. The molecular weight excluding hydrogens is 330 g/mol. The standard InChI is InChI=1S/C20H17N3O3/c1-12-8-14(18-10-13-6-4-5-7-17(13)26-18)19-15(9-12)22-16(11-21-19)20(24)23(2)25-3/h4-11H,1-3H3. The van der Waals surface area contributed by atoms with Crippen molar-refractivity contribution >= 4 is 27.9 Å². The second-order valence-corrected chi connectivity index (χ2v) is 6.07. The molecule has 2 aromatic heterocycles. The van der Waals surface area contributed by atoms with Gasteiger partial charge in [-0.2, -0.15) is 0 Å². The summed E-state index contributed by atoms with van der Waals surface area (Å²) in [7, 11) is 2.96. The minimum absolute atomic E-state index is 0.225. The summed E-state index contributed by atoms with van der Waals surface area (Å²) in [5, 5.41) is 2.14. The molecule has 0 spiro atoms. The number of hydrogen-bond donors (Lipinski definition) is 0. The molecule has 0 aliphatic rings. The van der Waals surface area contributed by atoms with E-state index in [0.29, 0.717) is 11.0 Å². The van der Waals surface area contributed by atoms with Crippen LogP contribution in [0.2, 0.25) is 0 Å². The number of nitrogens with zero attached hydrogens (tertiary/aromatic N) is 3. The van der Waals surface area contributed by atoms with E-state index < -0.39 is 0 Å². The third-order valence-electron chi connectivity index (χ3n) is 4.26. The van der Waals surface area contributed by atoms with E-state index in [1.165, 1.54) is 20.4 Å². The number of para-hydroxylation sites is 1. The Morgan fingerprint density at radius 3 is 2.77 bits per heavy atom. The third-order valence-corrected chi connectivity index (χ3v) is 4.26. The van der Waals surface area contributed by atoms with Gasteiger partial charge in [-0.15, -0.1) is 0 Å². The van der Waals surface area contributed by atoms with Crippen LogP contribution in [0.1, 0.15) is 16.1 Å². The second kappa shape index (κ2) is 6.24. The lowest BCUT2D eigenvalue weighted by molar-refractivity contribution is -0.0760. The van der Waals surface area contributed by atoms with Gasteiger partial charge in [-0.25, -0.2) is 10.0 Å². The zero-order chi connectivity index (χ0) is 18.3.